The number of hydrogen-bond donors (Lipinski definition) is 6. The fourth-order valence-electron chi connectivity index (χ4n) is 8.07. The molecule has 7 rings (SSSR count). The number of ether oxygens (including phenoxy) is 4. The van der Waals surface area contributed by atoms with Gasteiger partial charge in [0.2, 0.25) is 0 Å². The molecule has 4 aromatic carbocycles. The van der Waals surface area contributed by atoms with E-state index in [9.17, 15) is 29.4 Å². The average molecular weight is 741 g/mol. The number of aliphatic hydroxyl groups is 2. The van der Waals surface area contributed by atoms with Crippen molar-refractivity contribution in [3.63, 3.8) is 0 Å². The minimum Gasteiger partial charge on any atom is -0.464 e. The number of aliphatic hydroxyl groups excluding tert-OH is 2. The fourth-order valence-corrected chi connectivity index (χ4v) is 8.07. The van der Waals surface area contributed by atoms with Gasteiger partial charge in [0, 0.05) is 45.4 Å². The van der Waals surface area contributed by atoms with Crippen LogP contribution in [0.15, 0.2) is 60.7 Å². The SMILES string of the molecule is CCOC(=O)C1Nc2cccc3c(C4C(O)C(c5ccc6c7c(cccc57)NC(C(=O)OCC)C(C(=O)OCC)N6)C4O)ccc(c23)NC1C(=O)OCC. The lowest BCUT2D eigenvalue weighted by atomic mass is 9.62. The fraction of sp³-hybridized carbons (Fsp3) is 0.400. The van der Waals surface area contributed by atoms with Gasteiger partial charge >= 0.3 is 23.9 Å². The zero-order valence-corrected chi connectivity index (χ0v) is 30.4. The van der Waals surface area contributed by atoms with Crippen molar-refractivity contribution in [2.75, 3.05) is 47.7 Å². The summed E-state index contributed by atoms with van der Waals surface area (Å²) in [5.41, 5.74) is 3.67. The van der Waals surface area contributed by atoms with Crippen LogP contribution in [0.1, 0.15) is 50.7 Å². The van der Waals surface area contributed by atoms with Crippen LogP contribution in [0.4, 0.5) is 22.7 Å². The summed E-state index contributed by atoms with van der Waals surface area (Å²) in [5, 5.41) is 39.5. The van der Waals surface area contributed by atoms with Crippen molar-refractivity contribution < 1.29 is 48.3 Å². The van der Waals surface area contributed by atoms with Gasteiger partial charge in [-0.05, 0) is 73.9 Å². The summed E-state index contributed by atoms with van der Waals surface area (Å²) in [6.07, 6.45) is -2.02. The Hall–Kier alpha value is -5.60. The molecule has 1 saturated carbocycles. The third-order valence-corrected chi connectivity index (χ3v) is 10.4. The van der Waals surface area contributed by atoms with Gasteiger partial charge in [-0.25, -0.2) is 19.2 Å². The second kappa shape index (κ2) is 15.0. The normalized spacial score (nSPS) is 25.3. The first-order chi connectivity index (χ1) is 26.1. The molecule has 4 atom stereocenters. The average Bonchev–Trinajstić information content (AvgIpc) is 3.44. The van der Waals surface area contributed by atoms with E-state index < -0.39 is 72.1 Å². The predicted octanol–water partition coefficient (Wildman–Crippen LogP) is 4.00. The highest BCUT2D eigenvalue weighted by Gasteiger charge is 2.52. The van der Waals surface area contributed by atoms with Gasteiger partial charge in [-0.2, -0.15) is 0 Å². The van der Waals surface area contributed by atoms with E-state index in [4.69, 9.17) is 18.9 Å². The highest BCUT2D eigenvalue weighted by atomic mass is 16.5. The van der Waals surface area contributed by atoms with Crippen molar-refractivity contribution in [1.82, 2.24) is 0 Å². The topological polar surface area (TPSA) is 194 Å². The van der Waals surface area contributed by atoms with Crippen LogP contribution in [-0.2, 0) is 38.1 Å². The van der Waals surface area contributed by atoms with E-state index in [0.717, 1.165) is 10.8 Å². The second-order valence-electron chi connectivity index (χ2n) is 13.4. The van der Waals surface area contributed by atoms with Crippen LogP contribution in [0.3, 0.4) is 0 Å². The van der Waals surface area contributed by atoms with E-state index in [-0.39, 0.29) is 26.4 Å². The largest absolute Gasteiger partial charge is 0.464 e. The van der Waals surface area contributed by atoms with Gasteiger partial charge in [0.25, 0.3) is 0 Å². The van der Waals surface area contributed by atoms with Crippen LogP contribution in [0.2, 0.25) is 0 Å². The van der Waals surface area contributed by atoms with Crippen molar-refractivity contribution in [1.29, 1.82) is 0 Å². The van der Waals surface area contributed by atoms with Crippen LogP contribution in [-0.4, -0.2) is 96.9 Å². The summed E-state index contributed by atoms with van der Waals surface area (Å²) in [5.74, 6) is -3.83. The molecule has 0 saturated heterocycles. The Labute approximate surface area is 311 Å². The Kier molecular flexibility index (Phi) is 10.2. The van der Waals surface area contributed by atoms with E-state index in [0.29, 0.717) is 44.6 Å². The maximum absolute atomic E-state index is 13.1. The molecule has 6 N–H and O–H groups in total. The predicted molar refractivity (Wildman–Crippen MR) is 202 cm³/mol. The van der Waals surface area contributed by atoms with E-state index in [2.05, 4.69) is 21.3 Å². The number of hydrogen-bond acceptors (Lipinski definition) is 14. The van der Waals surface area contributed by atoms with Gasteiger partial charge < -0.3 is 50.4 Å². The molecular formula is C40H44N4O10. The van der Waals surface area contributed by atoms with Crippen LogP contribution in [0, 0.1) is 0 Å². The summed E-state index contributed by atoms with van der Waals surface area (Å²) < 4.78 is 21.2. The molecule has 284 valence electrons. The smallest absolute Gasteiger partial charge is 0.331 e. The van der Waals surface area contributed by atoms with E-state index in [1.165, 1.54) is 0 Å². The van der Waals surface area contributed by atoms with Gasteiger partial charge in [0.15, 0.2) is 24.2 Å². The molecule has 2 heterocycles. The number of carbonyl (C=O) groups is 4. The van der Waals surface area contributed by atoms with Crippen LogP contribution >= 0.6 is 0 Å². The van der Waals surface area contributed by atoms with Gasteiger partial charge in [-0.1, -0.05) is 36.4 Å². The molecule has 4 unspecified atom stereocenters. The quantitative estimate of drug-likeness (QED) is 0.101. The summed E-state index contributed by atoms with van der Waals surface area (Å²) in [6.45, 7) is 7.26. The molecule has 54 heavy (non-hydrogen) atoms. The van der Waals surface area contributed by atoms with Crippen molar-refractivity contribution in [2.45, 2.75) is 75.9 Å². The molecule has 0 amide bonds. The molecule has 2 aliphatic heterocycles. The summed E-state index contributed by atoms with van der Waals surface area (Å²) >= 11 is 0. The highest BCUT2D eigenvalue weighted by Crippen LogP contribution is 2.53. The van der Waals surface area contributed by atoms with Crippen molar-refractivity contribution >= 4 is 68.2 Å². The van der Waals surface area contributed by atoms with E-state index in [1.54, 1.807) is 52.0 Å². The van der Waals surface area contributed by atoms with Crippen LogP contribution < -0.4 is 21.3 Å². The molecule has 0 bridgehead atoms. The van der Waals surface area contributed by atoms with Crippen molar-refractivity contribution in [3.05, 3.63) is 71.8 Å². The van der Waals surface area contributed by atoms with Gasteiger partial charge in [0.1, 0.15) is 0 Å². The molecule has 14 heteroatoms. The Morgan fingerprint density at radius 1 is 0.481 bits per heavy atom. The van der Waals surface area contributed by atoms with Gasteiger partial charge in [-0.3, -0.25) is 0 Å². The summed E-state index contributed by atoms with van der Waals surface area (Å²) in [6, 6.07) is 13.8. The molecule has 0 radical (unpaired) electrons. The maximum Gasteiger partial charge on any atom is 0.331 e. The number of benzene rings is 4. The molecule has 0 aromatic heterocycles. The number of anilines is 4. The lowest BCUT2D eigenvalue weighted by Crippen LogP contribution is -2.51. The number of rotatable bonds is 10. The lowest BCUT2D eigenvalue weighted by Gasteiger charge is -2.48. The van der Waals surface area contributed by atoms with Gasteiger partial charge in [-0.15, -0.1) is 0 Å². The number of esters is 4. The molecular weight excluding hydrogens is 696 g/mol. The maximum atomic E-state index is 13.1. The van der Waals surface area contributed by atoms with Gasteiger partial charge in [0.05, 0.1) is 38.6 Å². The van der Waals surface area contributed by atoms with Crippen LogP contribution in [0.5, 0.6) is 0 Å². The zero-order valence-electron chi connectivity index (χ0n) is 30.4. The Balaban J connectivity index is 1.25. The van der Waals surface area contributed by atoms with E-state index in [1.807, 2.05) is 36.4 Å². The van der Waals surface area contributed by atoms with Crippen molar-refractivity contribution in [3.8, 4) is 0 Å². The molecule has 1 aliphatic carbocycles. The summed E-state index contributed by atoms with van der Waals surface area (Å²) in [7, 11) is 0. The standard InChI is InChI=1S/C40H44N4O10/c1-5-51-37(47)31-33(39(49)53-7-3)43-25-17-15-21(19-11-9-13-23(41-31)27(19)25)29-35(45)30(36(29)46)22-16-18-26-28-20(22)12-10-14-24(28)42-32(38(48)52-6-2)34(44-26)40(50)54-8-4/h9-18,29-36,41-46H,5-8H2,1-4H3. The first-order valence-corrected chi connectivity index (χ1v) is 18.3. The molecule has 3 aliphatic rings. The number of carbonyl (C=O) groups excluding carboxylic acids is 4. The Bertz CT molecular complexity index is 1900. The second-order valence-corrected chi connectivity index (χ2v) is 13.4. The molecule has 1 fully saturated rings. The lowest BCUT2D eigenvalue weighted by molar-refractivity contribution is -0.151. The minimum absolute atomic E-state index is 0.126. The first kappa shape index (κ1) is 36.7. The third-order valence-electron chi connectivity index (χ3n) is 10.4. The molecule has 4 aromatic rings. The van der Waals surface area contributed by atoms with E-state index >= 15 is 0 Å². The Morgan fingerprint density at radius 2 is 0.778 bits per heavy atom. The Morgan fingerprint density at radius 3 is 1.07 bits per heavy atom. The third kappa shape index (κ3) is 6.18. The summed E-state index contributed by atoms with van der Waals surface area (Å²) in [4.78, 5) is 52.4. The first-order valence-electron chi connectivity index (χ1n) is 18.3. The molecule has 0 spiro atoms. The van der Waals surface area contributed by atoms with Crippen LogP contribution in [0.25, 0.3) is 21.5 Å². The number of nitrogens with one attached hydrogen (secondary N) is 4. The minimum atomic E-state index is -1.09. The highest BCUT2D eigenvalue weighted by molar-refractivity contribution is 6.10. The van der Waals surface area contributed by atoms with Crippen molar-refractivity contribution in [2.24, 2.45) is 0 Å². The zero-order chi connectivity index (χ0) is 38.3. The monoisotopic (exact) mass is 740 g/mol. The molecule has 14 nitrogen and oxygen atoms in total.